The van der Waals surface area contributed by atoms with E-state index in [-0.39, 0.29) is 5.91 Å². The molecular formula is C26H23F3N4O4. The summed E-state index contributed by atoms with van der Waals surface area (Å²) in [5, 5.41) is 21.9. The highest BCUT2D eigenvalue weighted by molar-refractivity contribution is 6.01. The van der Waals surface area contributed by atoms with E-state index in [4.69, 9.17) is 15.6 Å². The van der Waals surface area contributed by atoms with Gasteiger partial charge in [-0.2, -0.15) is 18.4 Å². The van der Waals surface area contributed by atoms with Crippen LogP contribution in [-0.2, 0) is 16.1 Å². The maximum absolute atomic E-state index is 13.1. The molecule has 0 aliphatic carbocycles. The summed E-state index contributed by atoms with van der Waals surface area (Å²) in [5.41, 5.74) is 9.35. The summed E-state index contributed by atoms with van der Waals surface area (Å²) in [6.07, 6.45) is -5.08. The standard InChI is InChI=1S/C24H22N4O2.C2HF3O2/c1-16-10-11-21(13-20(16)15-26)27-24(30)22(18-7-3-2-4-8-18)28-23(29)19-9-5-6-17(12-19)14-25;3-2(4,5)1(6)7/h2-13,22H,14,25H2,1H3,(H,27,30)(H,28,29);(H,6,7). The van der Waals surface area contributed by atoms with Crippen molar-refractivity contribution in [2.45, 2.75) is 25.7 Å². The largest absolute Gasteiger partial charge is 0.490 e. The number of nitrogens with two attached hydrogens (primary N) is 1. The van der Waals surface area contributed by atoms with Crippen molar-refractivity contribution in [2.75, 3.05) is 5.32 Å². The molecule has 0 saturated carbocycles. The van der Waals surface area contributed by atoms with Crippen LogP contribution in [0.15, 0.2) is 72.8 Å². The lowest BCUT2D eigenvalue weighted by Gasteiger charge is -2.19. The first-order valence-corrected chi connectivity index (χ1v) is 10.7. The van der Waals surface area contributed by atoms with Crippen LogP contribution in [0.25, 0.3) is 0 Å². The minimum Gasteiger partial charge on any atom is -0.475 e. The number of amides is 2. The molecule has 0 saturated heterocycles. The number of nitriles is 1. The minimum absolute atomic E-state index is 0.318. The smallest absolute Gasteiger partial charge is 0.475 e. The number of benzene rings is 3. The molecule has 0 radical (unpaired) electrons. The van der Waals surface area contributed by atoms with E-state index < -0.39 is 24.1 Å². The Hall–Kier alpha value is -4.69. The minimum atomic E-state index is -5.08. The molecular weight excluding hydrogens is 489 g/mol. The number of anilines is 1. The van der Waals surface area contributed by atoms with E-state index in [1.807, 2.05) is 19.1 Å². The van der Waals surface area contributed by atoms with Gasteiger partial charge in [0.05, 0.1) is 11.6 Å². The van der Waals surface area contributed by atoms with Crippen molar-refractivity contribution < 1.29 is 32.7 Å². The van der Waals surface area contributed by atoms with Gasteiger partial charge in [-0.15, -0.1) is 0 Å². The summed E-state index contributed by atoms with van der Waals surface area (Å²) < 4.78 is 31.7. The van der Waals surface area contributed by atoms with Gasteiger partial charge in [0.25, 0.3) is 11.8 Å². The van der Waals surface area contributed by atoms with Gasteiger partial charge < -0.3 is 21.5 Å². The van der Waals surface area contributed by atoms with Gasteiger partial charge in [0, 0.05) is 17.8 Å². The highest BCUT2D eigenvalue weighted by Gasteiger charge is 2.38. The third-order valence-corrected chi connectivity index (χ3v) is 4.96. The van der Waals surface area contributed by atoms with E-state index in [2.05, 4.69) is 16.7 Å². The molecule has 0 bridgehead atoms. The molecule has 5 N–H and O–H groups in total. The maximum Gasteiger partial charge on any atom is 0.490 e. The number of hydrogen-bond acceptors (Lipinski definition) is 5. The molecule has 3 aromatic rings. The number of nitrogens with zero attached hydrogens (tertiary/aromatic N) is 1. The van der Waals surface area contributed by atoms with Crippen LogP contribution in [0, 0.1) is 18.3 Å². The van der Waals surface area contributed by atoms with Gasteiger partial charge in [0.15, 0.2) is 0 Å². The summed E-state index contributed by atoms with van der Waals surface area (Å²) >= 11 is 0. The zero-order chi connectivity index (χ0) is 27.6. The number of carbonyl (C=O) groups excluding carboxylic acids is 2. The predicted molar refractivity (Wildman–Crippen MR) is 129 cm³/mol. The second-order valence-electron chi connectivity index (χ2n) is 7.66. The fourth-order valence-electron chi connectivity index (χ4n) is 3.03. The van der Waals surface area contributed by atoms with E-state index >= 15 is 0 Å². The number of carboxylic acids is 1. The summed E-state index contributed by atoms with van der Waals surface area (Å²) in [6, 6.07) is 22.3. The summed E-state index contributed by atoms with van der Waals surface area (Å²) in [5.74, 6) is -3.54. The van der Waals surface area contributed by atoms with Crippen molar-refractivity contribution in [1.82, 2.24) is 5.32 Å². The Morgan fingerprint density at radius 3 is 2.24 bits per heavy atom. The normalized spacial score (nSPS) is 11.2. The van der Waals surface area contributed by atoms with Crippen LogP contribution in [0.5, 0.6) is 0 Å². The van der Waals surface area contributed by atoms with Crippen molar-refractivity contribution in [3.8, 4) is 6.07 Å². The van der Waals surface area contributed by atoms with Crippen LogP contribution in [-0.4, -0.2) is 29.1 Å². The van der Waals surface area contributed by atoms with Crippen molar-refractivity contribution in [2.24, 2.45) is 5.73 Å². The van der Waals surface area contributed by atoms with Crippen LogP contribution in [0.4, 0.5) is 18.9 Å². The number of hydrogen-bond donors (Lipinski definition) is 4. The lowest BCUT2D eigenvalue weighted by atomic mass is 10.0. The Kier molecular flexibility index (Phi) is 9.92. The van der Waals surface area contributed by atoms with Crippen molar-refractivity contribution in [3.63, 3.8) is 0 Å². The zero-order valence-corrected chi connectivity index (χ0v) is 19.5. The first-order valence-electron chi connectivity index (χ1n) is 10.7. The quantitative estimate of drug-likeness (QED) is 0.392. The van der Waals surface area contributed by atoms with Crippen LogP contribution in [0.3, 0.4) is 0 Å². The lowest BCUT2D eigenvalue weighted by Crippen LogP contribution is -2.37. The number of nitrogens with one attached hydrogen (secondary N) is 2. The van der Waals surface area contributed by atoms with E-state index in [1.54, 1.807) is 60.7 Å². The number of aryl methyl sites for hydroxylation is 1. The van der Waals surface area contributed by atoms with E-state index in [1.165, 1.54) is 0 Å². The van der Waals surface area contributed by atoms with E-state index in [9.17, 15) is 28.0 Å². The molecule has 0 heterocycles. The Morgan fingerprint density at radius 2 is 1.68 bits per heavy atom. The molecule has 0 fully saturated rings. The summed E-state index contributed by atoms with van der Waals surface area (Å²) in [7, 11) is 0. The maximum atomic E-state index is 13.1. The summed E-state index contributed by atoms with van der Waals surface area (Å²) in [4.78, 5) is 34.8. The Balaban J connectivity index is 0.000000604. The monoisotopic (exact) mass is 512 g/mol. The Morgan fingerprint density at radius 1 is 1.03 bits per heavy atom. The first-order chi connectivity index (χ1) is 17.5. The molecule has 37 heavy (non-hydrogen) atoms. The van der Waals surface area contributed by atoms with Crippen LogP contribution in [0.1, 0.15) is 38.7 Å². The molecule has 192 valence electrons. The van der Waals surface area contributed by atoms with Crippen molar-refractivity contribution >= 4 is 23.5 Å². The number of carboxylic acid groups (broad SMARTS) is 1. The van der Waals surface area contributed by atoms with Crippen molar-refractivity contribution in [3.05, 3.63) is 101 Å². The molecule has 1 atom stereocenters. The Bertz CT molecular complexity index is 1310. The number of halogens is 3. The van der Waals surface area contributed by atoms with Gasteiger partial charge in [0.2, 0.25) is 0 Å². The zero-order valence-electron chi connectivity index (χ0n) is 19.5. The fraction of sp³-hybridized carbons (Fsp3) is 0.154. The first kappa shape index (κ1) is 28.5. The number of aliphatic carboxylic acids is 1. The molecule has 11 heteroatoms. The molecule has 0 aliphatic heterocycles. The highest BCUT2D eigenvalue weighted by Crippen LogP contribution is 2.19. The molecule has 8 nitrogen and oxygen atoms in total. The molecule has 1 unspecified atom stereocenters. The van der Waals surface area contributed by atoms with Crippen LogP contribution >= 0.6 is 0 Å². The lowest BCUT2D eigenvalue weighted by molar-refractivity contribution is -0.192. The van der Waals surface area contributed by atoms with Gasteiger partial charge in [-0.05, 0) is 47.9 Å². The molecule has 0 spiro atoms. The van der Waals surface area contributed by atoms with Gasteiger partial charge >= 0.3 is 12.1 Å². The Labute approximate surface area is 210 Å². The molecule has 0 aromatic heterocycles. The average molecular weight is 512 g/mol. The highest BCUT2D eigenvalue weighted by atomic mass is 19.4. The number of carbonyl (C=O) groups is 3. The second-order valence-corrected chi connectivity index (χ2v) is 7.66. The molecule has 3 rings (SSSR count). The third-order valence-electron chi connectivity index (χ3n) is 4.96. The molecule has 0 aliphatic rings. The molecule has 2 amide bonds. The van der Waals surface area contributed by atoms with Gasteiger partial charge in [-0.1, -0.05) is 48.5 Å². The van der Waals surface area contributed by atoms with Gasteiger partial charge in [-0.3, -0.25) is 9.59 Å². The number of alkyl halides is 3. The van der Waals surface area contributed by atoms with Crippen molar-refractivity contribution in [1.29, 1.82) is 5.26 Å². The topological polar surface area (TPSA) is 145 Å². The SMILES string of the molecule is Cc1ccc(NC(=O)C(NC(=O)c2cccc(CN)c2)c2ccccc2)cc1C#N.O=C(O)C(F)(F)F. The van der Waals surface area contributed by atoms with E-state index in [0.717, 1.165) is 11.1 Å². The van der Waals surface area contributed by atoms with Crippen LogP contribution in [0.2, 0.25) is 0 Å². The van der Waals surface area contributed by atoms with Gasteiger partial charge in [-0.25, -0.2) is 4.79 Å². The van der Waals surface area contributed by atoms with Crippen LogP contribution < -0.4 is 16.4 Å². The fourth-order valence-corrected chi connectivity index (χ4v) is 3.03. The van der Waals surface area contributed by atoms with Gasteiger partial charge in [0.1, 0.15) is 6.04 Å². The predicted octanol–water partition coefficient (Wildman–Crippen LogP) is 4.07. The molecule has 3 aromatic carbocycles. The average Bonchev–Trinajstić information content (AvgIpc) is 2.88. The third kappa shape index (κ3) is 8.48. The van der Waals surface area contributed by atoms with E-state index in [0.29, 0.717) is 28.9 Å². The second kappa shape index (κ2) is 12.9. The number of rotatable bonds is 6. The summed E-state index contributed by atoms with van der Waals surface area (Å²) in [6.45, 7) is 2.14.